The van der Waals surface area contributed by atoms with E-state index in [0.717, 1.165) is 18.4 Å². The van der Waals surface area contributed by atoms with Gasteiger partial charge in [0, 0.05) is 6.04 Å². The predicted molar refractivity (Wildman–Crippen MR) is 79.4 cm³/mol. The van der Waals surface area contributed by atoms with E-state index < -0.39 is 11.9 Å². The van der Waals surface area contributed by atoms with Crippen LogP contribution in [0.2, 0.25) is 0 Å². The van der Waals surface area contributed by atoms with Crippen LogP contribution in [0.5, 0.6) is 0 Å². The van der Waals surface area contributed by atoms with Crippen LogP contribution in [0.1, 0.15) is 38.7 Å². The number of carbonyl (C=O) groups excluding carboxylic acids is 2. The number of nitrogens with one attached hydrogen (secondary N) is 1. The normalized spacial score (nSPS) is 18.7. The number of amides is 2. The highest BCUT2D eigenvalue weighted by Gasteiger charge is 2.41. The van der Waals surface area contributed by atoms with Gasteiger partial charge in [-0.05, 0) is 37.5 Å². The van der Waals surface area contributed by atoms with Crippen molar-refractivity contribution in [1.82, 2.24) is 4.90 Å². The van der Waals surface area contributed by atoms with Gasteiger partial charge >= 0.3 is 0 Å². The molecule has 0 saturated carbocycles. The van der Waals surface area contributed by atoms with Crippen LogP contribution in [0.3, 0.4) is 0 Å². The van der Waals surface area contributed by atoms with Gasteiger partial charge in [0.15, 0.2) is 0 Å². The fourth-order valence-electron chi connectivity index (χ4n) is 2.74. The van der Waals surface area contributed by atoms with Gasteiger partial charge < -0.3 is 5.32 Å². The van der Waals surface area contributed by atoms with Gasteiger partial charge in [0.05, 0.1) is 12.1 Å². The minimum Gasteiger partial charge on any atom is -0.371 e. The summed E-state index contributed by atoms with van der Waals surface area (Å²) < 4.78 is 13.8. The van der Waals surface area contributed by atoms with Gasteiger partial charge in [-0.15, -0.1) is 0 Å². The Morgan fingerprint density at radius 2 is 2.00 bits per heavy atom. The zero-order chi connectivity index (χ0) is 15.6. The van der Waals surface area contributed by atoms with Crippen molar-refractivity contribution in [1.29, 1.82) is 0 Å². The predicted octanol–water partition coefficient (Wildman–Crippen LogP) is 2.86. The Morgan fingerprint density at radius 1 is 1.33 bits per heavy atom. The van der Waals surface area contributed by atoms with Crippen LogP contribution in [-0.4, -0.2) is 28.8 Å². The molecule has 1 atom stereocenters. The van der Waals surface area contributed by atoms with E-state index in [9.17, 15) is 14.0 Å². The van der Waals surface area contributed by atoms with Crippen LogP contribution in [0, 0.1) is 12.7 Å². The Hall–Kier alpha value is -1.91. The lowest BCUT2D eigenvalue weighted by Gasteiger charge is -2.24. The van der Waals surface area contributed by atoms with Gasteiger partial charge in [-0.2, -0.15) is 0 Å². The maximum absolute atomic E-state index is 13.8. The molecule has 1 aliphatic rings. The molecular formula is C16H21FN2O2. The third-order valence-corrected chi connectivity index (χ3v) is 3.94. The number of hydrogen-bond donors (Lipinski definition) is 1. The highest BCUT2D eigenvalue weighted by molar-refractivity contribution is 6.07. The number of halogens is 1. The molecule has 1 unspecified atom stereocenters. The molecule has 21 heavy (non-hydrogen) atoms. The summed E-state index contributed by atoms with van der Waals surface area (Å²) in [6.45, 7) is 5.76. The summed E-state index contributed by atoms with van der Waals surface area (Å²) >= 11 is 0. The monoisotopic (exact) mass is 292 g/mol. The average molecular weight is 292 g/mol. The summed E-state index contributed by atoms with van der Waals surface area (Å²) in [5.74, 6) is -0.851. The molecule has 1 N–H and O–H groups in total. The first-order chi connectivity index (χ1) is 9.97. The van der Waals surface area contributed by atoms with Crippen molar-refractivity contribution in [3.63, 3.8) is 0 Å². The number of likely N-dealkylation sites (tertiary alicyclic amines) is 1. The van der Waals surface area contributed by atoms with Gasteiger partial charge in [0.1, 0.15) is 11.9 Å². The minimum atomic E-state index is -0.672. The Morgan fingerprint density at radius 3 is 2.62 bits per heavy atom. The van der Waals surface area contributed by atoms with Crippen molar-refractivity contribution >= 4 is 17.5 Å². The summed E-state index contributed by atoms with van der Waals surface area (Å²) in [7, 11) is 0. The van der Waals surface area contributed by atoms with Gasteiger partial charge in [-0.3, -0.25) is 14.5 Å². The molecule has 1 saturated heterocycles. The molecule has 0 bridgehead atoms. The van der Waals surface area contributed by atoms with Gasteiger partial charge in [-0.25, -0.2) is 4.39 Å². The summed E-state index contributed by atoms with van der Waals surface area (Å²) in [6, 6.07) is 3.93. The number of nitrogens with zero attached hydrogens (tertiary/aromatic N) is 1. The van der Waals surface area contributed by atoms with Gasteiger partial charge in [-0.1, -0.05) is 19.9 Å². The summed E-state index contributed by atoms with van der Waals surface area (Å²) in [6.07, 6.45) is 1.56. The van der Waals surface area contributed by atoms with Crippen LogP contribution in [0.25, 0.3) is 0 Å². The van der Waals surface area contributed by atoms with Crippen LogP contribution < -0.4 is 5.32 Å². The number of carbonyl (C=O) groups is 2. The lowest BCUT2D eigenvalue weighted by atomic mass is 10.1. The third kappa shape index (κ3) is 3.06. The molecular weight excluding hydrogens is 271 g/mol. The fourth-order valence-corrected chi connectivity index (χ4v) is 2.74. The zero-order valence-corrected chi connectivity index (χ0v) is 12.6. The lowest BCUT2D eigenvalue weighted by molar-refractivity contribution is -0.141. The van der Waals surface area contributed by atoms with E-state index in [4.69, 9.17) is 0 Å². The molecule has 1 heterocycles. The molecule has 5 heteroatoms. The smallest absolute Gasteiger partial charge is 0.252 e. The van der Waals surface area contributed by atoms with Crippen molar-refractivity contribution in [3.8, 4) is 0 Å². The second-order valence-electron chi connectivity index (χ2n) is 5.46. The molecule has 1 aromatic rings. The zero-order valence-electron chi connectivity index (χ0n) is 12.6. The second kappa shape index (κ2) is 6.24. The van der Waals surface area contributed by atoms with E-state index in [1.54, 1.807) is 12.1 Å². The van der Waals surface area contributed by atoms with E-state index in [1.807, 2.05) is 20.8 Å². The van der Waals surface area contributed by atoms with Crippen molar-refractivity contribution in [3.05, 3.63) is 29.6 Å². The number of benzene rings is 1. The average Bonchev–Trinajstić information content (AvgIpc) is 2.72. The van der Waals surface area contributed by atoms with Crippen molar-refractivity contribution in [2.45, 2.75) is 52.1 Å². The standard InChI is InChI=1S/C16H21FN2O2/c1-4-11(5-2)19-15(20)9-14(16(19)21)18-13-8-10(3)6-7-12(13)17/h6-8,11,14,18H,4-5,9H2,1-3H3. The Balaban J connectivity index is 2.17. The largest absolute Gasteiger partial charge is 0.371 e. The summed E-state index contributed by atoms with van der Waals surface area (Å²) in [5, 5.41) is 2.88. The first-order valence-electron chi connectivity index (χ1n) is 7.36. The molecule has 1 fully saturated rings. The van der Waals surface area contributed by atoms with Gasteiger partial charge in [0.25, 0.3) is 5.91 Å². The molecule has 1 aromatic carbocycles. The van der Waals surface area contributed by atoms with Crippen LogP contribution >= 0.6 is 0 Å². The highest BCUT2D eigenvalue weighted by atomic mass is 19.1. The minimum absolute atomic E-state index is 0.0702. The molecule has 4 nitrogen and oxygen atoms in total. The molecule has 1 aliphatic heterocycles. The molecule has 114 valence electrons. The third-order valence-electron chi connectivity index (χ3n) is 3.94. The molecule has 2 rings (SSSR count). The highest BCUT2D eigenvalue weighted by Crippen LogP contribution is 2.24. The summed E-state index contributed by atoms with van der Waals surface area (Å²) in [4.78, 5) is 25.8. The van der Waals surface area contributed by atoms with Crippen LogP contribution in [0.4, 0.5) is 10.1 Å². The van der Waals surface area contributed by atoms with Crippen molar-refractivity contribution in [2.75, 3.05) is 5.32 Å². The lowest BCUT2D eigenvalue weighted by Crippen LogP contribution is -2.41. The Kier molecular flexibility index (Phi) is 4.60. The first kappa shape index (κ1) is 15.5. The molecule has 0 spiro atoms. The quantitative estimate of drug-likeness (QED) is 0.849. The first-order valence-corrected chi connectivity index (χ1v) is 7.36. The van der Waals surface area contributed by atoms with Crippen molar-refractivity contribution < 1.29 is 14.0 Å². The molecule has 0 aliphatic carbocycles. The molecule has 2 amide bonds. The number of rotatable bonds is 5. The fraction of sp³-hybridized carbons (Fsp3) is 0.500. The van der Waals surface area contributed by atoms with E-state index in [-0.39, 0.29) is 30.0 Å². The maximum Gasteiger partial charge on any atom is 0.252 e. The number of imide groups is 1. The van der Waals surface area contributed by atoms with Gasteiger partial charge in [0.2, 0.25) is 5.91 Å². The summed E-state index contributed by atoms with van der Waals surface area (Å²) in [5.41, 5.74) is 1.17. The van der Waals surface area contributed by atoms with Crippen molar-refractivity contribution in [2.24, 2.45) is 0 Å². The topological polar surface area (TPSA) is 49.4 Å². The van der Waals surface area contributed by atoms with E-state index in [1.165, 1.54) is 11.0 Å². The molecule has 0 radical (unpaired) electrons. The van der Waals surface area contributed by atoms with E-state index in [2.05, 4.69) is 5.32 Å². The molecule has 0 aromatic heterocycles. The van der Waals surface area contributed by atoms with Crippen LogP contribution in [-0.2, 0) is 9.59 Å². The van der Waals surface area contributed by atoms with E-state index >= 15 is 0 Å². The SMILES string of the molecule is CCC(CC)N1C(=O)CC(Nc2cc(C)ccc2F)C1=O. The maximum atomic E-state index is 13.8. The number of aryl methyl sites for hydroxylation is 1. The Bertz CT molecular complexity index is 555. The van der Waals surface area contributed by atoms with Crippen LogP contribution in [0.15, 0.2) is 18.2 Å². The number of hydrogen-bond acceptors (Lipinski definition) is 3. The number of anilines is 1. The second-order valence-corrected chi connectivity index (χ2v) is 5.46. The van der Waals surface area contributed by atoms with E-state index in [0.29, 0.717) is 0 Å². The Labute approximate surface area is 124 Å².